The lowest BCUT2D eigenvalue weighted by molar-refractivity contribution is -0.117. The van der Waals surface area contributed by atoms with Crippen LogP contribution in [0, 0.1) is 0 Å². The number of carbonyl (C=O) groups is 1. The molecule has 5 heteroatoms. The summed E-state index contributed by atoms with van der Waals surface area (Å²) in [6.45, 7) is 0. The summed E-state index contributed by atoms with van der Waals surface area (Å²) in [5.74, 6) is -0.291. The van der Waals surface area contributed by atoms with Gasteiger partial charge in [0.25, 0.3) is 0 Å². The van der Waals surface area contributed by atoms with Gasteiger partial charge in [0, 0.05) is 0 Å². The summed E-state index contributed by atoms with van der Waals surface area (Å²) in [5, 5.41) is 17.5. The molecule has 0 fully saturated rings. The zero-order chi connectivity index (χ0) is 13.7. The van der Waals surface area contributed by atoms with Crippen molar-refractivity contribution in [3.8, 4) is 5.75 Å². The van der Waals surface area contributed by atoms with E-state index in [0.717, 1.165) is 5.56 Å². The van der Waals surface area contributed by atoms with Gasteiger partial charge in [-0.05, 0) is 29.8 Å². The molecule has 3 N–H and O–H groups in total. The molecule has 0 aliphatic carbocycles. The van der Waals surface area contributed by atoms with Crippen LogP contribution in [0.2, 0.25) is 0 Å². The Morgan fingerprint density at radius 3 is 2.37 bits per heavy atom. The van der Waals surface area contributed by atoms with Gasteiger partial charge in [0.05, 0.1) is 12.1 Å². The van der Waals surface area contributed by atoms with Crippen LogP contribution in [0.25, 0.3) is 0 Å². The highest BCUT2D eigenvalue weighted by Crippen LogP contribution is 2.27. The van der Waals surface area contributed by atoms with E-state index in [0.29, 0.717) is 11.4 Å². The Bertz CT molecular complexity index is 606. The van der Waals surface area contributed by atoms with Gasteiger partial charge >= 0.3 is 0 Å². The Balaban J connectivity index is 2.11. The van der Waals surface area contributed by atoms with Gasteiger partial charge in [0.15, 0.2) is 0 Å². The van der Waals surface area contributed by atoms with Crippen molar-refractivity contribution in [1.29, 1.82) is 0 Å². The predicted octanol–water partition coefficient (Wildman–Crippen LogP) is 2.84. The fourth-order valence-electron chi connectivity index (χ4n) is 1.54. The summed E-state index contributed by atoms with van der Waals surface area (Å²) in [6, 6.07) is 13.7. The third-order valence-electron chi connectivity index (χ3n) is 2.47. The second-order valence-corrected chi connectivity index (χ2v) is 4.00. The number of amides is 1. The van der Waals surface area contributed by atoms with Gasteiger partial charge in [0.2, 0.25) is 5.91 Å². The van der Waals surface area contributed by atoms with Crippen molar-refractivity contribution < 1.29 is 9.90 Å². The number of carbonyl (C=O) groups excluding carboxylic acids is 1. The van der Waals surface area contributed by atoms with Crippen LogP contribution < -0.4 is 5.73 Å². The number of rotatable bonds is 4. The lowest BCUT2D eigenvalue weighted by Crippen LogP contribution is -2.13. The summed E-state index contributed by atoms with van der Waals surface area (Å²) in [6.07, 6.45) is 0.205. The first-order chi connectivity index (χ1) is 9.15. The Labute approximate surface area is 110 Å². The van der Waals surface area contributed by atoms with Gasteiger partial charge in [-0.1, -0.05) is 24.3 Å². The zero-order valence-electron chi connectivity index (χ0n) is 10.2. The Hall–Kier alpha value is -2.69. The molecule has 5 nitrogen and oxygen atoms in total. The first kappa shape index (κ1) is 12.8. The second-order valence-electron chi connectivity index (χ2n) is 4.00. The molecule has 0 radical (unpaired) electrons. The van der Waals surface area contributed by atoms with Crippen molar-refractivity contribution in [2.75, 3.05) is 0 Å². The maximum Gasteiger partial charge on any atom is 0.221 e. The lowest BCUT2D eigenvalue weighted by atomic mass is 10.1. The Morgan fingerprint density at radius 1 is 1.05 bits per heavy atom. The topological polar surface area (TPSA) is 88.0 Å². The van der Waals surface area contributed by atoms with Crippen LogP contribution in [0.15, 0.2) is 58.8 Å². The van der Waals surface area contributed by atoms with E-state index in [2.05, 4.69) is 10.2 Å². The highest BCUT2D eigenvalue weighted by Gasteiger charge is 1.99. The van der Waals surface area contributed by atoms with Crippen molar-refractivity contribution in [2.45, 2.75) is 6.42 Å². The van der Waals surface area contributed by atoms with E-state index in [1.54, 1.807) is 48.5 Å². The van der Waals surface area contributed by atoms with Crippen LogP contribution in [0.4, 0.5) is 11.4 Å². The van der Waals surface area contributed by atoms with E-state index < -0.39 is 0 Å². The monoisotopic (exact) mass is 255 g/mol. The van der Waals surface area contributed by atoms with Crippen molar-refractivity contribution in [3.63, 3.8) is 0 Å². The number of aromatic hydroxyl groups is 1. The number of hydrogen-bond acceptors (Lipinski definition) is 4. The summed E-state index contributed by atoms with van der Waals surface area (Å²) >= 11 is 0. The number of azo groups is 1. The molecule has 0 aromatic heterocycles. The Kier molecular flexibility index (Phi) is 3.87. The average Bonchev–Trinajstić information content (AvgIpc) is 2.39. The van der Waals surface area contributed by atoms with E-state index in [-0.39, 0.29) is 18.1 Å². The molecular weight excluding hydrogens is 242 g/mol. The highest BCUT2D eigenvalue weighted by atomic mass is 16.3. The minimum Gasteiger partial charge on any atom is -0.506 e. The number of hydrogen-bond donors (Lipinski definition) is 2. The maximum absolute atomic E-state index is 10.8. The molecule has 0 saturated carbocycles. The third kappa shape index (κ3) is 3.64. The quantitative estimate of drug-likeness (QED) is 0.823. The molecule has 0 unspecified atom stereocenters. The molecule has 0 atom stereocenters. The number of benzene rings is 2. The molecule has 0 bridgehead atoms. The van der Waals surface area contributed by atoms with Gasteiger partial charge in [-0.2, -0.15) is 5.11 Å². The third-order valence-corrected chi connectivity index (χ3v) is 2.47. The van der Waals surface area contributed by atoms with Crippen LogP contribution in [-0.2, 0) is 11.2 Å². The van der Waals surface area contributed by atoms with Crippen molar-refractivity contribution in [3.05, 3.63) is 54.1 Å². The van der Waals surface area contributed by atoms with E-state index in [4.69, 9.17) is 5.73 Å². The molecule has 0 heterocycles. The Morgan fingerprint density at radius 2 is 1.74 bits per heavy atom. The van der Waals surface area contributed by atoms with Crippen molar-refractivity contribution in [1.82, 2.24) is 0 Å². The molecule has 96 valence electrons. The summed E-state index contributed by atoms with van der Waals surface area (Å²) in [7, 11) is 0. The minimum atomic E-state index is -0.372. The van der Waals surface area contributed by atoms with Crippen molar-refractivity contribution >= 4 is 17.3 Å². The van der Waals surface area contributed by atoms with Crippen molar-refractivity contribution in [2.24, 2.45) is 16.0 Å². The maximum atomic E-state index is 10.8. The standard InChI is InChI=1S/C14H13N3O2/c15-14(19)9-10-5-7-11(8-6-10)16-17-12-3-1-2-4-13(12)18/h1-8,18H,9H2,(H2,15,19). The number of nitrogens with zero attached hydrogens (tertiary/aromatic N) is 2. The van der Waals surface area contributed by atoms with Gasteiger partial charge in [-0.3, -0.25) is 4.79 Å². The van der Waals surface area contributed by atoms with Gasteiger partial charge in [-0.15, -0.1) is 5.11 Å². The van der Waals surface area contributed by atoms with E-state index >= 15 is 0 Å². The first-order valence-corrected chi connectivity index (χ1v) is 5.72. The number of para-hydroxylation sites is 1. The largest absolute Gasteiger partial charge is 0.506 e. The molecule has 0 saturated heterocycles. The van der Waals surface area contributed by atoms with Crippen LogP contribution in [0.3, 0.4) is 0 Å². The van der Waals surface area contributed by atoms with Gasteiger partial charge in [0.1, 0.15) is 11.4 Å². The lowest BCUT2D eigenvalue weighted by Gasteiger charge is -1.98. The van der Waals surface area contributed by atoms with Crippen LogP contribution in [-0.4, -0.2) is 11.0 Å². The minimum absolute atomic E-state index is 0.0802. The molecule has 2 aromatic carbocycles. The summed E-state index contributed by atoms with van der Waals surface area (Å²) < 4.78 is 0. The van der Waals surface area contributed by atoms with E-state index in [1.165, 1.54) is 0 Å². The molecule has 0 aliphatic heterocycles. The van der Waals surface area contributed by atoms with Crippen LogP contribution >= 0.6 is 0 Å². The van der Waals surface area contributed by atoms with Gasteiger partial charge in [-0.25, -0.2) is 0 Å². The first-order valence-electron chi connectivity index (χ1n) is 5.72. The molecule has 19 heavy (non-hydrogen) atoms. The molecular formula is C14H13N3O2. The normalized spacial score (nSPS) is 10.7. The van der Waals surface area contributed by atoms with Crippen LogP contribution in [0.1, 0.15) is 5.56 Å². The fraction of sp³-hybridized carbons (Fsp3) is 0.0714. The smallest absolute Gasteiger partial charge is 0.221 e. The van der Waals surface area contributed by atoms with Crippen LogP contribution in [0.5, 0.6) is 5.75 Å². The summed E-state index contributed by atoms with van der Waals surface area (Å²) in [5.41, 5.74) is 6.97. The average molecular weight is 255 g/mol. The number of phenolic OH excluding ortho intramolecular Hbond substituents is 1. The highest BCUT2D eigenvalue weighted by molar-refractivity contribution is 5.76. The van der Waals surface area contributed by atoms with Gasteiger partial charge < -0.3 is 10.8 Å². The molecule has 2 rings (SSSR count). The van der Waals surface area contributed by atoms with E-state index in [1.807, 2.05) is 0 Å². The number of primary amides is 1. The molecule has 1 amide bonds. The molecule has 0 spiro atoms. The number of phenols is 1. The predicted molar refractivity (Wildman–Crippen MR) is 71.6 cm³/mol. The SMILES string of the molecule is NC(=O)Cc1ccc(N=Nc2ccccc2O)cc1. The second kappa shape index (κ2) is 5.77. The molecule has 0 aliphatic rings. The van der Waals surface area contributed by atoms with E-state index in [9.17, 15) is 9.90 Å². The zero-order valence-corrected chi connectivity index (χ0v) is 10.2. The number of nitrogens with two attached hydrogens (primary N) is 1. The summed E-state index contributed by atoms with van der Waals surface area (Å²) in [4.78, 5) is 10.8. The molecule has 2 aromatic rings. The fourth-order valence-corrected chi connectivity index (χ4v) is 1.54.